The molecule has 2 saturated heterocycles. The van der Waals surface area contributed by atoms with Crippen LogP contribution in [0.2, 0.25) is 0 Å². The van der Waals surface area contributed by atoms with E-state index < -0.39 is 0 Å². The monoisotopic (exact) mass is 380 g/mol. The highest BCUT2D eigenvalue weighted by Gasteiger charge is 2.39. The van der Waals surface area contributed by atoms with Crippen LogP contribution in [0.5, 0.6) is 0 Å². The zero-order valence-electron chi connectivity index (χ0n) is 16.8. The molecule has 0 spiro atoms. The molecule has 1 unspecified atom stereocenters. The Kier molecular flexibility index (Phi) is 7.76. The Morgan fingerprint density at radius 3 is 2.59 bits per heavy atom. The highest BCUT2D eigenvalue weighted by Crippen LogP contribution is 2.33. The van der Waals surface area contributed by atoms with Crippen LogP contribution >= 0.6 is 0 Å². The molecule has 3 aliphatic rings. The summed E-state index contributed by atoms with van der Waals surface area (Å²) >= 11 is 0. The van der Waals surface area contributed by atoms with Crippen LogP contribution in [-0.2, 0) is 9.53 Å². The molecule has 7 heteroatoms. The average molecular weight is 381 g/mol. The van der Waals surface area contributed by atoms with E-state index in [1.54, 1.807) is 7.11 Å². The molecule has 2 heterocycles. The summed E-state index contributed by atoms with van der Waals surface area (Å²) in [7, 11) is 1.67. The molecule has 154 valence electrons. The van der Waals surface area contributed by atoms with Crippen LogP contribution in [0.1, 0.15) is 44.9 Å². The smallest absolute Gasteiger partial charge is 0.317 e. The van der Waals surface area contributed by atoms with Crippen molar-refractivity contribution in [3.05, 3.63) is 0 Å². The number of amides is 3. The summed E-state index contributed by atoms with van der Waals surface area (Å²) in [6, 6.07) is 0.172. The van der Waals surface area contributed by atoms with Gasteiger partial charge in [-0.1, -0.05) is 0 Å². The third-order valence-corrected chi connectivity index (χ3v) is 5.97. The Balaban J connectivity index is 1.45. The van der Waals surface area contributed by atoms with Gasteiger partial charge in [0.1, 0.15) is 0 Å². The Hall–Kier alpha value is -1.34. The fraction of sp³-hybridized carbons (Fsp3) is 0.900. The molecule has 1 N–H and O–H groups in total. The third kappa shape index (κ3) is 6.07. The molecule has 7 nitrogen and oxygen atoms in total. The molecule has 0 aromatic rings. The summed E-state index contributed by atoms with van der Waals surface area (Å²) in [5, 5.41) is 2.96. The average Bonchev–Trinajstić information content (AvgIpc) is 3.17. The second-order valence-corrected chi connectivity index (χ2v) is 8.18. The highest BCUT2D eigenvalue weighted by atomic mass is 16.5. The van der Waals surface area contributed by atoms with Crippen molar-refractivity contribution in [3.8, 4) is 0 Å². The van der Waals surface area contributed by atoms with Gasteiger partial charge in [0.15, 0.2) is 0 Å². The lowest BCUT2D eigenvalue weighted by Gasteiger charge is -2.30. The predicted molar refractivity (Wildman–Crippen MR) is 105 cm³/mol. The maximum Gasteiger partial charge on any atom is 0.317 e. The van der Waals surface area contributed by atoms with Crippen molar-refractivity contribution in [2.45, 2.75) is 51.0 Å². The van der Waals surface area contributed by atoms with Gasteiger partial charge in [0, 0.05) is 45.8 Å². The van der Waals surface area contributed by atoms with Gasteiger partial charge in [-0.3, -0.25) is 4.79 Å². The number of methoxy groups -OCH3 is 1. The second kappa shape index (κ2) is 10.3. The molecule has 0 radical (unpaired) electrons. The minimum atomic E-state index is -0.00973. The number of urea groups is 1. The lowest BCUT2D eigenvalue weighted by Crippen LogP contribution is -2.46. The number of rotatable bonds is 10. The molecule has 0 bridgehead atoms. The Labute approximate surface area is 163 Å². The van der Waals surface area contributed by atoms with E-state index in [-0.39, 0.29) is 18.0 Å². The predicted octanol–water partition coefficient (Wildman–Crippen LogP) is 1.53. The second-order valence-electron chi connectivity index (χ2n) is 8.18. The summed E-state index contributed by atoms with van der Waals surface area (Å²) in [6.45, 7) is 7.02. The van der Waals surface area contributed by atoms with Crippen LogP contribution in [0.25, 0.3) is 0 Å². The summed E-state index contributed by atoms with van der Waals surface area (Å²) in [4.78, 5) is 31.6. The minimum absolute atomic E-state index is 0.00973. The molecular weight excluding hydrogens is 344 g/mol. The fourth-order valence-electron chi connectivity index (χ4n) is 4.21. The lowest BCUT2D eigenvalue weighted by molar-refractivity contribution is -0.134. The van der Waals surface area contributed by atoms with Crippen LogP contribution in [0.3, 0.4) is 0 Å². The zero-order chi connectivity index (χ0) is 19.1. The van der Waals surface area contributed by atoms with Crippen LogP contribution in [0.4, 0.5) is 4.79 Å². The Bertz CT molecular complexity index is 492. The fourth-order valence-corrected chi connectivity index (χ4v) is 4.21. The van der Waals surface area contributed by atoms with Gasteiger partial charge in [-0.2, -0.15) is 0 Å². The maximum absolute atomic E-state index is 12.8. The summed E-state index contributed by atoms with van der Waals surface area (Å²) in [6.07, 6.45) is 7.45. The van der Waals surface area contributed by atoms with Gasteiger partial charge in [-0.15, -0.1) is 0 Å². The third-order valence-electron chi connectivity index (χ3n) is 5.97. The van der Waals surface area contributed by atoms with Crippen LogP contribution in [0, 0.1) is 5.92 Å². The van der Waals surface area contributed by atoms with Crippen molar-refractivity contribution in [3.63, 3.8) is 0 Å². The molecule has 0 aromatic carbocycles. The van der Waals surface area contributed by atoms with Gasteiger partial charge < -0.3 is 24.8 Å². The molecule has 3 fully saturated rings. The Morgan fingerprint density at radius 1 is 1.11 bits per heavy atom. The molecule has 27 heavy (non-hydrogen) atoms. The van der Waals surface area contributed by atoms with Gasteiger partial charge in [-0.25, -0.2) is 4.79 Å². The maximum atomic E-state index is 12.8. The van der Waals surface area contributed by atoms with Crippen LogP contribution in [-0.4, -0.2) is 92.2 Å². The Morgan fingerprint density at radius 2 is 1.89 bits per heavy atom. The van der Waals surface area contributed by atoms with Crippen LogP contribution in [0.15, 0.2) is 0 Å². The highest BCUT2D eigenvalue weighted by molar-refractivity contribution is 5.81. The van der Waals surface area contributed by atoms with Crippen molar-refractivity contribution in [2.75, 3.05) is 59.5 Å². The first-order valence-corrected chi connectivity index (χ1v) is 10.7. The standard InChI is InChI=1S/C20H36N4O3/c1-27-15-4-9-21-20(26)23-14-8-18(16-23)24(19(25)17-6-7-17)13-5-12-22-10-2-3-11-22/h17-18H,2-16H2,1H3,(H,21,26). The van der Waals surface area contributed by atoms with E-state index in [1.165, 1.54) is 25.9 Å². The van der Waals surface area contributed by atoms with E-state index in [0.29, 0.717) is 25.6 Å². The molecule has 3 amide bonds. The van der Waals surface area contributed by atoms with Gasteiger partial charge >= 0.3 is 6.03 Å². The first-order valence-electron chi connectivity index (χ1n) is 10.7. The number of ether oxygens (including phenoxy) is 1. The molecule has 1 aliphatic carbocycles. The lowest BCUT2D eigenvalue weighted by atomic mass is 10.2. The number of hydrogen-bond donors (Lipinski definition) is 1. The summed E-state index contributed by atoms with van der Waals surface area (Å²) < 4.78 is 5.01. The van der Waals surface area contributed by atoms with Gasteiger partial charge in [0.2, 0.25) is 5.91 Å². The van der Waals surface area contributed by atoms with E-state index >= 15 is 0 Å². The SMILES string of the molecule is COCCCNC(=O)N1CCC(N(CCCN2CCCC2)C(=O)C2CC2)C1. The number of nitrogens with zero attached hydrogens (tertiary/aromatic N) is 3. The summed E-state index contributed by atoms with van der Waals surface area (Å²) in [5.41, 5.74) is 0. The van der Waals surface area contributed by atoms with Crippen molar-refractivity contribution >= 4 is 11.9 Å². The molecule has 1 atom stereocenters. The minimum Gasteiger partial charge on any atom is -0.385 e. The van der Waals surface area contributed by atoms with E-state index in [1.807, 2.05) is 4.90 Å². The largest absolute Gasteiger partial charge is 0.385 e. The topological polar surface area (TPSA) is 65.1 Å². The first kappa shape index (κ1) is 20.4. The van der Waals surface area contributed by atoms with Crippen LogP contribution < -0.4 is 5.32 Å². The van der Waals surface area contributed by atoms with Crippen molar-refractivity contribution < 1.29 is 14.3 Å². The van der Waals surface area contributed by atoms with Crippen molar-refractivity contribution in [1.82, 2.24) is 20.0 Å². The number of nitrogens with one attached hydrogen (secondary N) is 1. The number of carbonyl (C=O) groups is 2. The molecule has 3 rings (SSSR count). The molecule has 0 aromatic heterocycles. The summed E-state index contributed by atoms with van der Waals surface area (Å²) in [5.74, 6) is 0.567. The van der Waals surface area contributed by atoms with E-state index in [2.05, 4.69) is 15.1 Å². The number of hydrogen-bond acceptors (Lipinski definition) is 4. The van der Waals surface area contributed by atoms with Crippen molar-refractivity contribution in [2.24, 2.45) is 5.92 Å². The van der Waals surface area contributed by atoms with Crippen molar-refractivity contribution in [1.29, 1.82) is 0 Å². The van der Waals surface area contributed by atoms with Gasteiger partial charge in [0.25, 0.3) is 0 Å². The van der Waals surface area contributed by atoms with Gasteiger partial charge in [0.05, 0.1) is 6.04 Å². The molecule has 1 saturated carbocycles. The zero-order valence-corrected chi connectivity index (χ0v) is 16.8. The van der Waals surface area contributed by atoms with E-state index in [0.717, 1.165) is 51.7 Å². The van der Waals surface area contributed by atoms with E-state index in [4.69, 9.17) is 4.74 Å². The number of likely N-dealkylation sites (tertiary alicyclic amines) is 2. The molecule has 2 aliphatic heterocycles. The van der Waals surface area contributed by atoms with E-state index in [9.17, 15) is 9.59 Å². The molecular formula is C20H36N4O3. The first-order chi connectivity index (χ1) is 13.2. The normalized spacial score (nSPS) is 23.0. The van der Waals surface area contributed by atoms with Gasteiger partial charge in [-0.05, 0) is 64.6 Å². The number of carbonyl (C=O) groups excluding carboxylic acids is 2. The quantitative estimate of drug-likeness (QED) is 0.584.